The standard InChI is InChI=1S/C13H12BrFN2O2S/c1-8-3-4-10(15)7-12(8)20(18,19)17-11-5-6-13(14)16-9(11)2/h3-7,17H,1-2H3. The number of aryl methyl sites for hydroxylation is 2. The van der Waals surface area contributed by atoms with Gasteiger partial charge in [-0.15, -0.1) is 0 Å². The average molecular weight is 359 g/mol. The maximum atomic E-state index is 13.2. The zero-order valence-electron chi connectivity index (χ0n) is 10.8. The second-order valence-electron chi connectivity index (χ2n) is 4.28. The lowest BCUT2D eigenvalue weighted by molar-refractivity contribution is 0.594. The zero-order valence-corrected chi connectivity index (χ0v) is 13.2. The number of nitrogens with one attached hydrogen (secondary N) is 1. The van der Waals surface area contributed by atoms with E-state index in [0.717, 1.165) is 6.07 Å². The fourth-order valence-corrected chi connectivity index (χ4v) is 3.47. The minimum atomic E-state index is -3.85. The summed E-state index contributed by atoms with van der Waals surface area (Å²) in [5, 5.41) is 0. The van der Waals surface area contributed by atoms with E-state index in [4.69, 9.17) is 0 Å². The SMILES string of the molecule is Cc1ccc(F)cc1S(=O)(=O)Nc1ccc(Br)nc1C. The molecule has 106 valence electrons. The van der Waals surface area contributed by atoms with Crippen LogP contribution in [0.15, 0.2) is 39.8 Å². The van der Waals surface area contributed by atoms with E-state index in [-0.39, 0.29) is 4.90 Å². The normalized spacial score (nSPS) is 11.4. The Balaban J connectivity index is 2.43. The second kappa shape index (κ2) is 5.49. The van der Waals surface area contributed by atoms with Crippen molar-refractivity contribution < 1.29 is 12.8 Å². The number of hydrogen-bond acceptors (Lipinski definition) is 3. The lowest BCUT2D eigenvalue weighted by atomic mass is 10.2. The molecule has 0 bridgehead atoms. The van der Waals surface area contributed by atoms with Crippen LogP contribution < -0.4 is 4.72 Å². The van der Waals surface area contributed by atoms with Gasteiger partial charge in [0.1, 0.15) is 10.4 Å². The number of nitrogens with zero attached hydrogens (tertiary/aromatic N) is 1. The fraction of sp³-hybridized carbons (Fsp3) is 0.154. The lowest BCUT2D eigenvalue weighted by Crippen LogP contribution is -2.15. The Bertz CT molecular complexity index is 763. The van der Waals surface area contributed by atoms with E-state index >= 15 is 0 Å². The van der Waals surface area contributed by atoms with Crippen molar-refractivity contribution in [2.75, 3.05) is 4.72 Å². The van der Waals surface area contributed by atoms with Crippen molar-refractivity contribution in [2.24, 2.45) is 0 Å². The third-order valence-corrected chi connectivity index (χ3v) is 4.69. The van der Waals surface area contributed by atoms with Crippen LogP contribution in [0.25, 0.3) is 0 Å². The van der Waals surface area contributed by atoms with Crippen molar-refractivity contribution in [3.05, 3.63) is 52.0 Å². The third kappa shape index (κ3) is 3.16. The molecular formula is C13H12BrFN2O2S. The van der Waals surface area contributed by atoms with Crippen molar-refractivity contribution in [1.29, 1.82) is 0 Å². The van der Waals surface area contributed by atoms with Gasteiger partial charge in [0.2, 0.25) is 0 Å². The van der Waals surface area contributed by atoms with Crippen molar-refractivity contribution in [3.8, 4) is 0 Å². The molecule has 0 fully saturated rings. The molecular weight excluding hydrogens is 347 g/mol. The van der Waals surface area contributed by atoms with Crippen LogP contribution in [0, 0.1) is 19.7 Å². The van der Waals surface area contributed by atoms with Gasteiger partial charge in [-0.1, -0.05) is 6.07 Å². The van der Waals surface area contributed by atoms with Gasteiger partial charge in [-0.05, 0) is 59.6 Å². The first-order chi connectivity index (χ1) is 9.29. The van der Waals surface area contributed by atoms with Crippen LogP contribution in [-0.2, 0) is 10.0 Å². The van der Waals surface area contributed by atoms with Crippen molar-refractivity contribution >= 4 is 31.6 Å². The molecule has 20 heavy (non-hydrogen) atoms. The molecule has 0 aliphatic rings. The zero-order chi connectivity index (χ0) is 14.9. The van der Waals surface area contributed by atoms with Gasteiger partial charge in [-0.3, -0.25) is 4.72 Å². The first-order valence-corrected chi connectivity index (χ1v) is 7.99. The molecule has 0 radical (unpaired) electrons. The van der Waals surface area contributed by atoms with Crippen LogP contribution in [0.2, 0.25) is 0 Å². The molecule has 1 aromatic heterocycles. The predicted molar refractivity (Wildman–Crippen MR) is 78.6 cm³/mol. The van der Waals surface area contributed by atoms with E-state index in [1.807, 2.05) is 0 Å². The quantitative estimate of drug-likeness (QED) is 0.855. The summed E-state index contributed by atoms with van der Waals surface area (Å²) in [6.45, 7) is 3.29. The maximum Gasteiger partial charge on any atom is 0.262 e. The van der Waals surface area contributed by atoms with Crippen LogP contribution in [0.1, 0.15) is 11.3 Å². The Morgan fingerprint density at radius 2 is 1.90 bits per heavy atom. The highest BCUT2D eigenvalue weighted by molar-refractivity contribution is 9.10. The minimum absolute atomic E-state index is 0.0835. The van der Waals surface area contributed by atoms with E-state index in [9.17, 15) is 12.8 Å². The van der Waals surface area contributed by atoms with E-state index in [1.165, 1.54) is 12.1 Å². The maximum absolute atomic E-state index is 13.2. The molecule has 0 amide bonds. The molecule has 1 N–H and O–H groups in total. The van der Waals surface area contributed by atoms with E-state index in [1.54, 1.807) is 26.0 Å². The van der Waals surface area contributed by atoms with E-state index in [0.29, 0.717) is 21.5 Å². The highest BCUT2D eigenvalue weighted by Crippen LogP contribution is 2.22. The average Bonchev–Trinajstić information content (AvgIpc) is 2.35. The topological polar surface area (TPSA) is 59.1 Å². The molecule has 1 heterocycles. The molecule has 0 aliphatic carbocycles. The first kappa shape index (κ1) is 14.9. The summed E-state index contributed by atoms with van der Waals surface area (Å²) in [4.78, 5) is 4.02. The molecule has 0 spiro atoms. The summed E-state index contributed by atoms with van der Waals surface area (Å²) in [5.74, 6) is -0.596. The first-order valence-electron chi connectivity index (χ1n) is 5.72. The van der Waals surface area contributed by atoms with Gasteiger partial charge >= 0.3 is 0 Å². The Kier molecular flexibility index (Phi) is 4.10. The smallest absolute Gasteiger partial charge is 0.262 e. The molecule has 2 rings (SSSR count). The largest absolute Gasteiger partial charge is 0.278 e. The van der Waals surface area contributed by atoms with Gasteiger partial charge in [0, 0.05) is 0 Å². The lowest BCUT2D eigenvalue weighted by Gasteiger charge is -2.12. The number of benzene rings is 1. The Labute approximate surface area is 125 Å². The van der Waals surface area contributed by atoms with E-state index in [2.05, 4.69) is 25.6 Å². The van der Waals surface area contributed by atoms with Gasteiger partial charge in [-0.25, -0.2) is 17.8 Å². The number of rotatable bonds is 3. The molecule has 0 atom stereocenters. The van der Waals surface area contributed by atoms with Gasteiger partial charge < -0.3 is 0 Å². The summed E-state index contributed by atoms with van der Waals surface area (Å²) in [6.07, 6.45) is 0. The second-order valence-corrected chi connectivity index (χ2v) is 6.75. The Morgan fingerprint density at radius 3 is 2.55 bits per heavy atom. The third-order valence-electron chi connectivity index (χ3n) is 2.74. The molecule has 2 aromatic rings. The molecule has 4 nitrogen and oxygen atoms in total. The van der Waals surface area contributed by atoms with E-state index < -0.39 is 15.8 Å². The van der Waals surface area contributed by atoms with Gasteiger partial charge in [0.05, 0.1) is 16.3 Å². The monoisotopic (exact) mass is 358 g/mol. The fourth-order valence-electron chi connectivity index (χ4n) is 1.70. The molecule has 0 saturated heterocycles. The number of sulfonamides is 1. The summed E-state index contributed by atoms with van der Waals surface area (Å²) in [7, 11) is -3.85. The van der Waals surface area contributed by atoms with Crippen molar-refractivity contribution in [3.63, 3.8) is 0 Å². The Hall–Kier alpha value is -1.47. The highest BCUT2D eigenvalue weighted by Gasteiger charge is 2.19. The molecule has 1 aromatic carbocycles. The predicted octanol–water partition coefficient (Wildman–Crippen LogP) is 3.40. The number of hydrogen-bond donors (Lipinski definition) is 1. The molecule has 0 unspecified atom stereocenters. The van der Waals surface area contributed by atoms with Crippen LogP contribution in [0.3, 0.4) is 0 Å². The van der Waals surface area contributed by atoms with Crippen molar-refractivity contribution in [1.82, 2.24) is 4.98 Å². The summed E-state index contributed by atoms with van der Waals surface area (Å²) < 4.78 is 40.9. The molecule has 0 saturated carbocycles. The number of anilines is 1. The molecule has 7 heteroatoms. The number of aromatic nitrogens is 1. The van der Waals surface area contributed by atoms with Crippen molar-refractivity contribution in [2.45, 2.75) is 18.7 Å². The van der Waals surface area contributed by atoms with Gasteiger partial charge in [0.25, 0.3) is 10.0 Å². The van der Waals surface area contributed by atoms with Crippen LogP contribution in [0.4, 0.5) is 10.1 Å². The summed E-state index contributed by atoms with van der Waals surface area (Å²) >= 11 is 3.20. The van der Waals surface area contributed by atoms with Gasteiger partial charge in [0.15, 0.2) is 0 Å². The van der Waals surface area contributed by atoms with Crippen LogP contribution in [-0.4, -0.2) is 13.4 Å². The Morgan fingerprint density at radius 1 is 1.20 bits per heavy atom. The summed E-state index contributed by atoms with van der Waals surface area (Å²) in [6, 6.07) is 6.87. The van der Waals surface area contributed by atoms with Crippen LogP contribution >= 0.6 is 15.9 Å². The van der Waals surface area contributed by atoms with Crippen LogP contribution in [0.5, 0.6) is 0 Å². The minimum Gasteiger partial charge on any atom is -0.278 e. The number of halogens is 2. The van der Waals surface area contributed by atoms with Gasteiger partial charge in [-0.2, -0.15) is 0 Å². The highest BCUT2D eigenvalue weighted by atomic mass is 79.9. The molecule has 0 aliphatic heterocycles. The summed E-state index contributed by atoms with van der Waals surface area (Å²) in [5.41, 5.74) is 1.36. The number of pyridine rings is 1.